The molecule has 2 fully saturated rings. The van der Waals surface area contributed by atoms with Gasteiger partial charge in [0.15, 0.2) is 0 Å². The minimum atomic E-state index is 0.161. The fourth-order valence-corrected chi connectivity index (χ4v) is 4.59. The molecule has 0 N–H and O–H groups in total. The lowest BCUT2D eigenvalue weighted by Gasteiger charge is -2.38. The zero-order chi connectivity index (χ0) is 15.2. The highest BCUT2D eigenvalue weighted by molar-refractivity contribution is 6.21. The van der Waals surface area contributed by atoms with Gasteiger partial charge in [-0.05, 0) is 44.4 Å². The topological polar surface area (TPSA) is 20.3 Å². The molecule has 2 atom stereocenters. The smallest absolute Gasteiger partial charge is 0.225 e. The van der Waals surface area contributed by atoms with Crippen LogP contribution in [-0.4, -0.2) is 29.3 Å². The van der Waals surface area contributed by atoms with Crippen molar-refractivity contribution in [2.45, 2.75) is 89.0 Å². The summed E-state index contributed by atoms with van der Waals surface area (Å²) in [5, 5.41) is 0.161. The molecule has 0 aromatic rings. The van der Waals surface area contributed by atoms with E-state index in [-0.39, 0.29) is 17.3 Å². The monoisotopic (exact) mass is 313 g/mol. The average molecular weight is 314 g/mol. The number of rotatable bonds is 5. The number of alkyl halides is 1. The molecule has 2 rings (SSSR count). The molecular formula is C18H32ClNO. The maximum atomic E-state index is 12.7. The second-order valence-electron chi connectivity index (χ2n) is 7.18. The van der Waals surface area contributed by atoms with Crippen molar-refractivity contribution >= 4 is 17.5 Å². The van der Waals surface area contributed by atoms with Crippen LogP contribution in [0.25, 0.3) is 0 Å². The van der Waals surface area contributed by atoms with Crippen molar-refractivity contribution in [2.75, 3.05) is 7.05 Å². The molecule has 2 nitrogen and oxygen atoms in total. The van der Waals surface area contributed by atoms with E-state index in [1.54, 1.807) is 0 Å². The lowest BCUT2D eigenvalue weighted by Crippen LogP contribution is -2.47. The van der Waals surface area contributed by atoms with Crippen LogP contribution in [0.4, 0.5) is 0 Å². The molecule has 3 heteroatoms. The third-order valence-electron chi connectivity index (χ3n) is 5.65. The molecule has 0 spiro atoms. The third-order valence-corrected chi connectivity index (χ3v) is 6.16. The number of hydrogen-bond acceptors (Lipinski definition) is 1. The van der Waals surface area contributed by atoms with Gasteiger partial charge in [-0.1, -0.05) is 39.0 Å². The van der Waals surface area contributed by atoms with Gasteiger partial charge in [0, 0.05) is 19.0 Å². The highest BCUT2D eigenvalue weighted by Crippen LogP contribution is 2.34. The largest absolute Gasteiger partial charge is 0.341 e. The Hall–Kier alpha value is -0.240. The second kappa shape index (κ2) is 8.41. The second-order valence-corrected chi connectivity index (χ2v) is 7.74. The molecule has 2 aliphatic rings. The molecule has 2 unspecified atom stereocenters. The van der Waals surface area contributed by atoms with Crippen molar-refractivity contribution in [1.82, 2.24) is 4.90 Å². The molecule has 0 radical (unpaired) electrons. The van der Waals surface area contributed by atoms with Crippen molar-refractivity contribution in [1.29, 1.82) is 0 Å². The third kappa shape index (κ3) is 4.61. The van der Waals surface area contributed by atoms with Gasteiger partial charge in [0.2, 0.25) is 5.91 Å². The molecule has 2 aliphatic carbocycles. The molecule has 0 aromatic heterocycles. The number of halogens is 1. The minimum Gasteiger partial charge on any atom is -0.341 e. The lowest BCUT2D eigenvalue weighted by atomic mass is 9.79. The van der Waals surface area contributed by atoms with Crippen molar-refractivity contribution in [2.24, 2.45) is 11.8 Å². The van der Waals surface area contributed by atoms with Gasteiger partial charge in [-0.15, -0.1) is 11.6 Å². The summed E-state index contributed by atoms with van der Waals surface area (Å²) in [6.07, 6.45) is 13.3. The van der Waals surface area contributed by atoms with Crippen LogP contribution in [0.1, 0.15) is 77.6 Å². The first-order chi connectivity index (χ1) is 10.1. The Bertz CT molecular complexity index is 325. The number of unbranched alkanes of at least 4 members (excludes halogenated alkanes) is 1. The van der Waals surface area contributed by atoms with Crippen LogP contribution in [0.5, 0.6) is 0 Å². The van der Waals surface area contributed by atoms with Gasteiger partial charge < -0.3 is 4.90 Å². The maximum absolute atomic E-state index is 12.7. The Morgan fingerprint density at radius 3 is 2.38 bits per heavy atom. The Balaban J connectivity index is 1.80. The van der Waals surface area contributed by atoms with Crippen LogP contribution >= 0.6 is 11.6 Å². The first kappa shape index (κ1) is 17.1. The highest BCUT2D eigenvalue weighted by atomic mass is 35.5. The van der Waals surface area contributed by atoms with Crippen LogP contribution in [-0.2, 0) is 4.79 Å². The summed E-state index contributed by atoms with van der Waals surface area (Å²) < 4.78 is 0. The summed E-state index contributed by atoms with van der Waals surface area (Å²) in [5.41, 5.74) is 0. The Kier molecular flexibility index (Phi) is 6.85. The normalized spacial score (nSPS) is 33.7. The number of carbonyl (C=O) groups excluding carboxylic acids is 1. The number of amides is 1. The SMILES string of the molecule is CCCCC1CCC(C(=O)N(C)C2CCCCC2Cl)CC1. The van der Waals surface area contributed by atoms with E-state index in [1.165, 1.54) is 44.9 Å². The predicted molar refractivity (Wildman–Crippen MR) is 89.6 cm³/mol. The van der Waals surface area contributed by atoms with Gasteiger partial charge in [0.05, 0.1) is 5.38 Å². The van der Waals surface area contributed by atoms with Crippen LogP contribution in [0.3, 0.4) is 0 Å². The number of carbonyl (C=O) groups is 1. The minimum absolute atomic E-state index is 0.161. The van der Waals surface area contributed by atoms with Crippen LogP contribution in [0.15, 0.2) is 0 Å². The van der Waals surface area contributed by atoms with Gasteiger partial charge in [-0.2, -0.15) is 0 Å². The fourth-order valence-electron chi connectivity index (χ4n) is 4.14. The van der Waals surface area contributed by atoms with E-state index in [1.807, 2.05) is 11.9 Å². The van der Waals surface area contributed by atoms with Crippen LogP contribution in [0, 0.1) is 11.8 Å². The van der Waals surface area contributed by atoms with E-state index in [0.717, 1.165) is 31.6 Å². The maximum Gasteiger partial charge on any atom is 0.225 e. The summed E-state index contributed by atoms with van der Waals surface area (Å²) in [6.45, 7) is 2.26. The zero-order valence-electron chi connectivity index (χ0n) is 13.8. The molecule has 0 saturated heterocycles. The van der Waals surface area contributed by atoms with Gasteiger partial charge in [0.25, 0.3) is 0 Å². The van der Waals surface area contributed by atoms with E-state index in [2.05, 4.69) is 6.92 Å². The van der Waals surface area contributed by atoms with Crippen molar-refractivity contribution < 1.29 is 4.79 Å². The molecule has 122 valence electrons. The molecule has 2 saturated carbocycles. The van der Waals surface area contributed by atoms with E-state index in [9.17, 15) is 4.79 Å². The zero-order valence-corrected chi connectivity index (χ0v) is 14.6. The molecule has 0 aromatic carbocycles. The Morgan fingerprint density at radius 1 is 1.10 bits per heavy atom. The molecular weight excluding hydrogens is 282 g/mol. The molecule has 0 aliphatic heterocycles. The summed E-state index contributed by atoms with van der Waals surface area (Å²) >= 11 is 6.45. The summed E-state index contributed by atoms with van der Waals surface area (Å²) in [4.78, 5) is 14.7. The van der Waals surface area contributed by atoms with Crippen LogP contribution in [0.2, 0.25) is 0 Å². The first-order valence-electron chi connectivity index (χ1n) is 9.04. The fraction of sp³-hybridized carbons (Fsp3) is 0.944. The van der Waals surface area contributed by atoms with E-state index >= 15 is 0 Å². The van der Waals surface area contributed by atoms with E-state index in [0.29, 0.717) is 5.91 Å². The van der Waals surface area contributed by atoms with E-state index < -0.39 is 0 Å². The van der Waals surface area contributed by atoms with Gasteiger partial charge >= 0.3 is 0 Å². The van der Waals surface area contributed by atoms with Gasteiger partial charge in [0.1, 0.15) is 0 Å². The van der Waals surface area contributed by atoms with Gasteiger partial charge in [-0.25, -0.2) is 0 Å². The average Bonchev–Trinajstić information content (AvgIpc) is 2.52. The van der Waals surface area contributed by atoms with Gasteiger partial charge in [-0.3, -0.25) is 4.79 Å². The highest BCUT2D eigenvalue weighted by Gasteiger charge is 2.34. The number of nitrogens with zero attached hydrogens (tertiary/aromatic N) is 1. The predicted octanol–water partition coefficient (Wildman–Crippen LogP) is 4.99. The lowest BCUT2D eigenvalue weighted by molar-refractivity contribution is -0.138. The molecule has 0 bridgehead atoms. The summed E-state index contributed by atoms with van der Waals surface area (Å²) in [5.74, 6) is 1.50. The quantitative estimate of drug-likeness (QED) is 0.655. The van der Waals surface area contributed by atoms with Crippen molar-refractivity contribution in [3.63, 3.8) is 0 Å². The van der Waals surface area contributed by atoms with E-state index in [4.69, 9.17) is 11.6 Å². The Morgan fingerprint density at radius 2 is 1.76 bits per heavy atom. The molecule has 21 heavy (non-hydrogen) atoms. The Labute approximate surface area is 135 Å². The number of hydrogen-bond donors (Lipinski definition) is 0. The summed E-state index contributed by atoms with van der Waals surface area (Å²) in [6, 6.07) is 0.269. The molecule has 0 heterocycles. The molecule has 1 amide bonds. The standard InChI is InChI=1S/C18H32ClNO/c1-3-4-7-14-10-12-15(13-11-14)18(21)20(2)17-9-6-5-8-16(17)19/h14-17H,3-13H2,1-2H3. The van der Waals surface area contributed by atoms with Crippen LogP contribution < -0.4 is 0 Å². The summed E-state index contributed by atoms with van der Waals surface area (Å²) in [7, 11) is 1.98. The first-order valence-corrected chi connectivity index (χ1v) is 9.47. The van der Waals surface area contributed by atoms with Crippen molar-refractivity contribution in [3.8, 4) is 0 Å². The van der Waals surface area contributed by atoms with Crippen molar-refractivity contribution in [3.05, 3.63) is 0 Å².